The molecule has 0 aromatic carbocycles. The zero-order chi connectivity index (χ0) is 3.58. The molecule has 0 radical (unpaired) electrons. The average molecular weight is 63.1 g/mol. The van der Waals surface area contributed by atoms with Crippen LogP contribution < -0.4 is 0 Å². The highest BCUT2D eigenvalue weighted by Gasteiger charge is 1.69. The third-order valence-electron chi connectivity index (χ3n) is 0. The van der Waals surface area contributed by atoms with Crippen LogP contribution in [0.3, 0.4) is 0 Å². The molecular formula is C3H8O. The Labute approximate surface area is 26.3 Å². The highest BCUT2D eigenvalue weighted by molar-refractivity contribution is 4.20. The standard InChI is InChI=1S/C3H8O/c1-3(2)4/h3-4H,1-2H3/i3+3. The molecule has 0 rings (SSSR count). The van der Waals surface area contributed by atoms with Crippen LogP contribution in [0.1, 0.15) is 13.8 Å². The van der Waals surface area contributed by atoms with E-state index in [1.54, 1.807) is 13.8 Å². The Morgan fingerprint density at radius 2 is 1.50 bits per heavy atom. The van der Waals surface area contributed by atoms with E-state index in [1.165, 1.54) is 0 Å². The van der Waals surface area contributed by atoms with Crippen LogP contribution in [0.5, 0.6) is 0 Å². The first kappa shape index (κ1) is 3.96. The molecule has 0 bridgehead atoms. The van der Waals surface area contributed by atoms with Crippen LogP contribution >= 0.6 is 0 Å². The SMILES string of the molecule is C[15CH](C)O. The molecule has 0 amide bonds. The Morgan fingerprint density at radius 3 is 1.50 bits per heavy atom. The normalized spacial score (nSPS) is 9.00. The minimum absolute atomic E-state index is 0.167. The van der Waals surface area contributed by atoms with Gasteiger partial charge in [-0.1, -0.05) is 0 Å². The maximum absolute atomic E-state index is 8.06. The van der Waals surface area contributed by atoms with Crippen molar-refractivity contribution in [3.8, 4) is 0 Å². The van der Waals surface area contributed by atoms with Gasteiger partial charge in [-0.15, -0.1) is 0 Å². The van der Waals surface area contributed by atoms with E-state index in [0.29, 0.717) is 0 Å². The first-order valence-corrected chi connectivity index (χ1v) is 1.41. The van der Waals surface area contributed by atoms with Crippen molar-refractivity contribution in [1.29, 1.82) is 0 Å². The van der Waals surface area contributed by atoms with E-state index in [1.807, 2.05) is 0 Å². The van der Waals surface area contributed by atoms with Gasteiger partial charge in [-0.2, -0.15) is 0 Å². The summed E-state index contributed by atoms with van der Waals surface area (Å²) in [6.45, 7) is 3.44. The van der Waals surface area contributed by atoms with Crippen LogP contribution in [-0.4, -0.2) is 11.2 Å². The molecule has 1 heteroatoms. The van der Waals surface area contributed by atoms with Gasteiger partial charge in [-0.25, -0.2) is 0 Å². The minimum Gasteiger partial charge on any atom is -0.394 e. The predicted octanol–water partition coefficient (Wildman–Crippen LogP) is 0.387. The Bertz CT molecular complexity index is 8.00. The lowest BCUT2D eigenvalue weighted by molar-refractivity contribution is 0.216. The highest BCUT2D eigenvalue weighted by Crippen LogP contribution is 1.65. The molecule has 0 fully saturated rings. The smallest absolute Gasteiger partial charge is 0.0483 e. The largest absolute Gasteiger partial charge is 0.394 e. The van der Waals surface area contributed by atoms with Crippen LogP contribution in [0.2, 0.25) is 0 Å². The second-order valence-electron chi connectivity index (χ2n) is 1.09. The highest BCUT2D eigenvalue weighted by atomic mass is 16.8. The van der Waals surface area contributed by atoms with Crippen molar-refractivity contribution in [3.63, 3.8) is 0 Å². The van der Waals surface area contributed by atoms with Crippen LogP contribution in [0.4, 0.5) is 0 Å². The fourth-order valence-electron chi connectivity index (χ4n) is 0. The summed E-state index contributed by atoms with van der Waals surface area (Å²) >= 11 is 0. The number of hydrogen-bond donors (Lipinski definition) is 1. The summed E-state index contributed by atoms with van der Waals surface area (Å²) in [7, 11) is 0. The molecule has 0 aliphatic carbocycles. The Morgan fingerprint density at radius 1 is 1.50 bits per heavy atom. The molecule has 0 aliphatic rings. The summed E-state index contributed by atoms with van der Waals surface area (Å²) in [5.74, 6) is 0. The van der Waals surface area contributed by atoms with Crippen molar-refractivity contribution >= 4 is 0 Å². The Balaban J connectivity index is 2.32. The van der Waals surface area contributed by atoms with E-state index in [0.717, 1.165) is 0 Å². The summed E-state index contributed by atoms with van der Waals surface area (Å²) in [4.78, 5) is 0. The van der Waals surface area contributed by atoms with Crippen molar-refractivity contribution in [2.24, 2.45) is 0 Å². The molecular weight excluding hydrogens is 55.0 g/mol. The van der Waals surface area contributed by atoms with Crippen molar-refractivity contribution in [2.75, 3.05) is 0 Å². The van der Waals surface area contributed by atoms with Crippen molar-refractivity contribution in [1.82, 2.24) is 0 Å². The Kier molecular flexibility index (Phi) is 1.28. The van der Waals surface area contributed by atoms with Crippen LogP contribution in [-0.2, 0) is 0 Å². The molecule has 0 saturated carbocycles. The number of aliphatic hydroxyl groups excluding tert-OH is 1. The van der Waals surface area contributed by atoms with Gasteiger partial charge in [0.25, 0.3) is 0 Å². The van der Waals surface area contributed by atoms with Crippen molar-refractivity contribution < 1.29 is 5.11 Å². The van der Waals surface area contributed by atoms with E-state index in [4.69, 9.17) is 5.11 Å². The number of aliphatic hydroxyl groups is 1. The van der Waals surface area contributed by atoms with Crippen molar-refractivity contribution in [2.45, 2.75) is 20.0 Å². The lowest BCUT2D eigenvalue weighted by Gasteiger charge is -1.80. The molecule has 0 saturated heterocycles. The van der Waals surface area contributed by atoms with Gasteiger partial charge >= 0.3 is 0 Å². The van der Waals surface area contributed by atoms with E-state index in [-0.39, 0.29) is 6.10 Å². The topological polar surface area (TPSA) is 20.2 Å². The molecule has 0 atom stereocenters. The van der Waals surface area contributed by atoms with Gasteiger partial charge in [0.2, 0.25) is 0 Å². The second kappa shape index (κ2) is 1.30. The second-order valence-corrected chi connectivity index (χ2v) is 1.09. The quantitative estimate of drug-likeness (QED) is 0.431. The molecule has 0 aromatic rings. The molecule has 1 N–H and O–H groups in total. The first-order valence-electron chi connectivity index (χ1n) is 1.41. The molecule has 26 valence electrons. The zero-order valence-corrected chi connectivity index (χ0v) is 3.02. The Hall–Kier alpha value is -0.0400. The van der Waals surface area contributed by atoms with Gasteiger partial charge in [0, 0.05) is 6.10 Å². The van der Waals surface area contributed by atoms with E-state index < -0.39 is 0 Å². The molecule has 4 heavy (non-hydrogen) atoms. The van der Waals surface area contributed by atoms with E-state index in [9.17, 15) is 0 Å². The summed E-state index contributed by atoms with van der Waals surface area (Å²) < 4.78 is 0. The van der Waals surface area contributed by atoms with Gasteiger partial charge < -0.3 is 5.11 Å². The monoisotopic (exact) mass is 63.1 g/mol. The van der Waals surface area contributed by atoms with Gasteiger partial charge in [0.1, 0.15) is 0 Å². The lowest BCUT2D eigenvalue weighted by atomic mass is 11.4. The molecule has 0 aliphatic heterocycles. The molecule has 0 aromatic heterocycles. The van der Waals surface area contributed by atoms with Crippen molar-refractivity contribution in [3.05, 3.63) is 0 Å². The number of hydrogen-bond acceptors (Lipinski definition) is 1. The van der Waals surface area contributed by atoms with Crippen LogP contribution in [0.15, 0.2) is 0 Å². The average Bonchev–Trinajstić information content (AvgIpc) is 0.811. The maximum Gasteiger partial charge on any atom is 0.0483 e. The van der Waals surface area contributed by atoms with Gasteiger partial charge in [-0.3, -0.25) is 0 Å². The van der Waals surface area contributed by atoms with Crippen LogP contribution in [0.25, 0.3) is 0 Å². The minimum atomic E-state index is -0.167. The summed E-state index contributed by atoms with van der Waals surface area (Å²) in [5.41, 5.74) is 0. The molecule has 0 unspecified atom stereocenters. The summed E-state index contributed by atoms with van der Waals surface area (Å²) in [5, 5.41) is 8.06. The fourth-order valence-corrected chi connectivity index (χ4v) is 0. The first-order chi connectivity index (χ1) is 1.73. The fraction of sp³-hybridized carbons (Fsp3) is 1.00. The molecule has 0 spiro atoms. The summed E-state index contributed by atoms with van der Waals surface area (Å²) in [6.07, 6.45) is -0.167. The van der Waals surface area contributed by atoms with Gasteiger partial charge in [0.05, 0.1) is 0 Å². The van der Waals surface area contributed by atoms with Gasteiger partial charge in [-0.05, 0) is 13.8 Å². The predicted molar refractivity (Wildman–Crippen MR) is 17.4 cm³/mol. The third kappa shape index (κ3) is 1130. The van der Waals surface area contributed by atoms with E-state index in [2.05, 4.69) is 0 Å². The van der Waals surface area contributed by atoms with E-state index >= 15 is 0 Å². The maximum atomic E-state index is 8.06. The molecule has 0 heterocycles. The lowest BCUT2D eigenvalue weighted by Crippen LogP contribution is -1.85. The molecule has 1 nitrogen and oxygen atoms in total. The van der Waals surface area contributed by atoms with Crippen LogP contribution in [0, 0.1) is 0 Å². The van der Waals surface area contributed by atoms with Gasteiger partial charge in [0.15, 0.2) is 0 Å². The summed E-state index contributed by atoms with van der Waals surface area (Å²) in [6, 6.07) is 0. The number of rotatable bonds is 0. The zero-order valence-electron chi connectivity index (χ0n) is 3.02. The third-order valence-corrected chi connectivity index (χ3v) is 0.